The molecule has 0 bridgehead atoms. The Labute approximate surface area is 171 Å². The molecule has 1 heterocycles. The smallest absolute Gasteiger partial charge is 0.139 e. The van der Waals surface area contributed by atoms with Gasteiger partial charge in [-0.15, -0.1) is 0 Å². The number of aliphatic hydroxyl groups is 1. The molecule has 1 N–H and O–H groups in total. The molecule has 1 fully saturated rings. The van der Waals surface area contributed by atoms with Gasteiger partial charge in [-0.3, -0.25) is 9.80 Å². The Kier molecular flexibility index (Phi) is 7.80. The average molecular weight is 409 g/mol. The molecular weight excluding hydrogens is 383 g/mol. The van der Waals surface area contributed by atoms with Crippen molar-refractivity contribution in [3.63, 3.8) is 0 Å². The summed E-state index contributed by atoms with van der Waals surface area (Å²) >= 11 is 12.1. The third-order valence-corrected chi connectivity index (χ3v) is 5.27. The molecule has 0 amide bonds. The molecule has 1 unspecified atom stereocenters. The van der Waals surface area contributed by atoms with Crippen molar-refractivity contribution in [2.45, 2.75) is 19.1 Å². The number of aliphatic hydroxyl groups excluding tert-OH is 1. The molecule has 6 heteroatoms. The van der Waals surface area contributed by atoms with Crippen LogP contribution in [0.4, 0.5) is 0 Å². The Balaban J connectivity index is 1.43. The summed E-state index contributed by atoms with van der Waals surface area (Å²) in [5.41, 5.74) is 1.35. The first kappa shape index (κ1) is 20.4. The third-order valence-electron chi connectivity index (χ3n) is 4.72. The lowest BCUT2D eigenvalue weighted by molar-refractivity contribution is 0.0693. The van der Waals surface area contributed by atoms with Gasteiger partial charge < -0.3 is 9.84 Å². The largest absolute Gasteiger partial charge is 0.489 e. The molecule has 27 heavy (non-hydrogen) atoms. The number of hydrogen-bond acceptors (Lipinski definition) is 4. The molecule has 0 saturated carbocycles. The monoisotopic (exact) mass is 408 g/mol. The van der Waals surface area contributed by atoms with E-state index in [1.54, 1.807) is 18.2 Å². The highest BCUT2D eigenvalue weighted by atomic mass is 35.5. The summed E-state index contributed by atoms with van der Waals surface area (Å²) in [6.45, 7) is 5.79. The normalized spacial score (nSPS) is 17.4. The predicted octanol–water partition coefficient (Wildman–Crippen LogP) is 3.94. The number of benzene rings is 2. The Morgan fingerprint density at radius 2 is 1.70 bits per heavy atom. The summed E-state index contributed by atoms with van der Waals surface area (Å²) in [7, 11) is 0. The third kappa shape index (κ3) is 6.66. The molecule has 2 aromatic carbocycles. The van der Waals surface area contributed by atoms with Gasteiger partial charge >= 0.3 is 0 Å². The first-order valence-electron chi connectivity index (χ1n) is 9.35. The molecular formula is C21H26Cl2N2O2. The van der Waals surface area contributed by atoms with Crippen LogP contribution in [0.15, 0.2) is 48.5 Å². The van der Waals surface area contributed by atoms with Gasteiger partial charge in [-0.25, -0.2) is 0 Å². The lowest BCUT2D eigenvalue weighted by Crippen LogP contribution is -2.38. The fraction of sp³-hybridized carbons (Fsp3) is 0.429. The van der Waals surface area contributed by atoms with Gasteiger partial charge in [-0.1, -0.05) is 53.5 Å². The van der Waals surface area contributed by atoms with Crippen molar-refractivity contribution in [1.29, 1.82) is 0 Å². The van der Waals surface area contributed by atoms with Gasteiger partial charge in [-0.2, -0.15) is 0 Å². The molecule has 146 valence electrons. The van der Waals surface area contributed by atoms with E-state index in [1.807, 2.05) is 6.07 Å². The minimum atomic E-state index is -0.569. The van der Waals surface area contributed by atoms with Crippen LogP contribution in [0.1, 0.15) is 12.0 Å². The van der Waals surface area contributed by atoms with Gasteiger partial charge in [-0.05, 0) is 37.2 Å². The summed E-state index contributed by atoms with van der Waals surface area (Å²) < 4.78 is 5.65. The van der Waals surface area contributed by atoms with E-state index < -0.39 is 6.10 Å². The van der Waals surface area contributed by atoms with Gasteiger partial charge in [0.2, 0.25) is 0 Å². The molecule has 1 aliphatic rings. The van der Waals surface area contributed by atoms with E-state index >= 15 is 0 Å². The van der Waals surface area contributed by atoms with Crippen LogP contribution in [0.2, 0.25) is 10.0 Å². The highest BCUT2D eigenvalue weighted by molar-refractivity contribution is 6.34. The lowest BCUT2D eigenvalue weighted by Gasteiger charge is -2.24. The molecule has 1 atom stereocenters. The van der Waals surface area contributed by atoms with E-state index in [9.17, 15) is 5.11 Å². The van der Waals surface area contributed by atoms with Crippen LogP contribution >= 0.6 is 23.2 Å². The van der Waals surface area contributed by atoms with Gasteiger partial charge in [0, 0.05) is 37.3 Å². The molecule has 3 rings (SSSR count). The van der Waals surface area contributed by atoms with E-state index in [2.05, 4.69) is 34.1 Å². The number of nitrogens with zero attached hydrogens (tertiary/aromatic N) is 2. The van der Waals surface area contributed by atoms with Crippen LogP contribution in [-0.4, -0.2) is 60.3 Å². The van der Waals surface area contributed by atoms with Crippen LogP contribution in [0.3, 0.4) is 0 Å². The van der Waals surface area contributed by atoms with E-state index in [0.29, 0.717) is 22.3 Å². The van der Waals surface area contributed by atoms with Gasteiger partial charge in [0.25, 0.3) is 0 Å². The van der Waals surface area contributed by atoms with Crippen molar-refractivity contribution in [2.75, 3.05) is 39.3 Å². The van der Waals surface area contributed by atoms with Crippen LogP contribution in [-0.2, 0) is 6.54 Å². The number of ether oxygens (including phenoxy) is 1. The van der Waals surface area contributed by atoms with Gasteiger partial charge in [0.15, 0.2) is 0 Å². The quantitative estimate of drug-likeness (QED) is 0.752. The molecule has 2 aromatic rings. The average Bonchev–Trinajstić information content (AvgIpc) is 2.88. The zero-order valence-corrected chi connectivity index (χ0v) is 16.9. The van der Waals surface area contributed by atoms with Crippen LogP contribution in [0.25, 0.3) is 0 Å². The number of hydrogen-bond donors (Lipinski definition) is 1. The second-order valence-electron chi connectivity index (χ2n) is 6.96. The Bertz CT molecular complexity index is 715. The summed E-state index contributed by atoms with van der Waals surface area (Å²) in [5.74, 6) is 0.508. The standard InChI is InChI=1S/C21H26Cl2N2O2/c22-18-7-8-20(23)21(13-18)27-16-19(26)15-25-10-4-9-24(11-12-25)14-17-5-2-1-3-6-17/h1-3,5-8,13,19,26H,4,9-12,14-16H2. The Morgan fingerprint density at radius 3 is 2.52 bits per heavy atom. The molecule has 1 aliphatic heterocycles. The van der Waals surface area contributed by atoms with Crippen molar-refractivity contribution in [2.24, 2.45) is 0 Å². The molecule has 0 aliphatic carbocycles. The summed E-state index contributed by atoms with van der Waals surface area (Å²) in [6.07, 6.45) is 0.529. The van der Waals surface area contributed by atoms with Crippen LogP contribution in [0.5, 0.6) is 5.75 Å². The molecule has 4 nitrogen and oxygen atoms in total. The van der Waals surface area contributed by atoms with E-state index in [-0.39, 0.29) is 6.61 Å². The van der Waals surface area contributed by atoms with Crippen molar-refractivity contribution in [3.05, 3.63) is 64.1 Å². The molecule has 0 spiro atoms. The fourth-order valence-corrected chi connectivity index (χ4v) is 3.67. The first-order valence-corrected chi connectivity index (χ1v) is 10.1. The minimum absolute atomic E-state index is 0.199. The number of β-amino-alcohol motifs (C(OH)–C–C–N with tert-alkyl or cyclic N) is 1. The summed E-state index contributed by atoms with van der Waals surface area (Å²) in [4.78, 5) is 4.78. The van der Waals surface area contributed by atoms with Gasteiger partial charge in [0.1, 0.15) is 18.5 Å². The van der Waals surface area contributed by atoms with E-state index in [0.717, 1.165) is 39.1 Å². The van der Waals surface area contributed by atoms with E-state index in [1.165, 1.54) is 5.56 Å². The molecule has 1 saturated heterocycles. The highest BCUT2D eigenvalue weighted by Crippen LogP contribution is 2.27. The van der Waals surface area contributed by atoms with Crippen LogP contribution in [0, 0.1) is 0 Å². The second kappa shape index (κ2) is 10.3. The maximum absolute atomic E-state index is 10.4. The maximum atomic E-state index is 10.4. The van der Waals surface area contributed by atoms with Crippen molar-refractivity contribution >= 4 is 23.2 Å². The Hall–Kier alpha value is -1.30. The van der Waals surface area contributed by atoms with Crippen molar-refractivity contribution in [1.82, 2.24) is 9.80 Å². The maximum Gasteiger partial charge on any atom is 0.139 e. The van der Waals surface area contributed by atoms with Gasteiger partial charge in [0.05, 0.1) is 5.02 Å². The topological polar surface area (TPSA) is 35.9 Å². The second-order valence-corrected chi connectivity index (χ2v) is 7.80. The lowest BCUT2D eigenvalue weighted by atomic mass is 10.2. The van der Waals surface area contributed by atoms with E-state index in [4.69, 9.17) is 27.9 Å². The fourth-order valence-electron chi connectivity index (χ4n) is 3.33. The van der Waals surface area contributed by atoms with Crippen molar-refractivity contribution in [3.8, 4) is 5.75 Å². The van der Waals surface area contributed by atoms with Crippen molar-refractivity contribution < 1.29 is 9.84 Å². The number of halogens is 2. The first-order chi connectivity index (χ1) is 13.1. The molecule has 0 aromatic heterocycles. The molecule has 0 radical (unpaired) electrons. The Morgan fingerprint density at radius 1 is 0.963 bits per heavy atom. The number of rotatable bonds is 7. The highest BCUT2D eigenvalue weighted by Gasteiger charge is 2.18. The predicted molar refractivity (Wildman–Crippen MR) is 111 cm³/mol. The SMILES string of the molecule is OC(COc1cc(Cl)ccc1Cl)CN1CCCN(Cc2ccccc2)CC1. The van der Waals surface area contributed by atoms with Crippen LogP contribution < -0.4 is 4.74 Å². The zero-order valence-electron chi connectivity index (χ0n) is 15.4. The summed E-state index contributed by atoms with van der Waals surface area (Å²) in [6, 6.07) is 15.6. The summed E-state index contributed by atoms with van der Waals surface area (Å²) in [5, 5.41) is 11.4. The minimum Gasteiger partial charge on any atom is -0.489 e. The zero-order chi connectivity index (χ0) is 19.1.